The summed E-state index contributed by atoms with van der Waals surface area (Å²) in [5.74, 6) is -0.843. The number of piperidine rings is 2. The number of hydrogen-bond donors (Lipinski definition) is 1. The van der Waals surface area contributed by atoms with E-state index < -0.39 is 5.97 Å². The molecule has 2 bridgehead atoms. The van der Waals surface area contributed by atoms with E-state index in [1.165, 1.54) is 31.0 Å². The van der Waals surface area contributed by atoms with E-state index in [1.54, 1.807) is 0 Å². The third-order valence-corrected chi connectivity index (χ3v) is 5.37. The summed E-state index contributed by atoms with van der Waals surface area (Å²) in [6, 6.07) is 1.51. The fourth-order valence-corrected chi connectivity index (χ4v) is 4.09. The number of tetrazole rings is 1. The minimum absolute atomic E-state index is 0.000146. The van der Waals surface area contributed by atoms with Crippen molar-refractivity contribution in [2.24, 2.45) is 0 Å². The standard InChI is InChI=1S/C12H19N5O2S/c1-16-8-3-2-4-9(16)6-10(5-8)17-12(13-14-15-17)20-7-11(18)19/h8-10H,2-7H2,1H3,(H,18,19). The Hall–Kier alpha value is -1.15. The molecule has 20 heavy (non-hydrogen) atoms. The average Bonchev–Trinajstić information content (AvgIpc) is 2.84. The topological polar surface area (TPSA) is 84.1 Å². The normalized spacial score (nSPS) is 30.4. The van der Waals surface area contributed by atoms with Gasteiger partial charge >= 0.3 is 5.97 Å². The van der Waals surface area contributed by atoms with Crippen LogP contribution >= 0.6 is 11.8 Å². The summed E-state index contributed by atoms with van der Waals surface area (Å²) in [6.45, 7) is 0. The van der Waals surface area contributed by atoms with Gasteiger partial charge in [-0.05, 0) is 43.2 Å². The van der Waals surface area contributed by atoms with Crippen LogP contribution in [-0.4, -0.2) is 61.1 Å². The van der Waals surface area contributed by atoms with Gasteiger partial charge < -0.3 is 10.0 Å². The molecule has 0 radical (unpaired) electrons. The maximum absolute atomic E-state index is 10.7. The average molecular weight is 297 g/mol. The number of fused-ring (bicyclic) bond motifs is 2. The molecule has 2 atom stereocenters. The van der Waals surface area contributed by atoms with Crippen LogP contribution in [-0.2, 0) is 4.79 Å². The monoisotopic (exact) mass is 297 g/mol. The van der Waals surface area contributed by atoms with E-state index in [-0.39, 0.29) is 5.75 Å². The lowest BCUT2D eigenvalue weighted by molar-refractivity contribution is -0.133. The third-order valence-electron chi connectivity index (χ3n) is 4.45. The predicted molar refractivity (Wildman–Crippen MR) is 73.6 cm³/mol. The SMILES string of the molecule is CN1C2CCCC1CC(n1nnnc1SCC(=O)O)C2. The van der Waals surface area contributed by atoms with E-state index in [0.29, 0.717) is 23.3 Å². The molecule has 1 aromatic heterocycles. The Balaban J connectivity index is 1.73. The van der Waals surface area contributed by atoms with Crippen LogP contribution in [0.2, 0.25) is 0 Å². The van der Waals surface area contributed by atoms with Crippen molar-refractivity contribution < 1.29 is 9.90 Å². The molecule has 0 aromatic carbocycles. The van der Waals surface area contributed by atoms with Gasteiger partial charge in [-0.2, -0.15) is 0 Å². The van der Waals surface area contributed by atoms with Crippen LogP contribution in [0.1, 0.15) is 38.1 Å². The van der Waals surface area contributed by atoms with E-state index in [0.717, 1.165) is 12.8 Å². The van der Waals surface area contributed by atoms with Crippen molar-refractivity contribution in [3.05, 3.63) is 0 Å². The highest BCUT2D eigenvalue weighted by Gasteiger charge is 2.37. The maximum Gasteiger partial charge on any atom is 0.313 e. The molecule has 0 amide bonds. The fourth-order valence-electron chi connectivity index (χ4n) is 3.42. The zero-order valence-corrected chi connectivity index (χ0v) is 12.3. The van der Waals surface area contributed by atoms with Crippen LogP contribution in [0.25, 0.3) is 0 Å². The lowest BCUT2D eigenvalue weighted by Crippen LogP contribution is -2.50. The largest absolute Gasteiger partial charge is 0.481 e. The molecule has 2 aliphatic rings. The second-order valence-electron chi connectivity index (χ2n) is 5.62. The second-order valence-corrected chi connectivity index (χ2v) is 6.56. The van der Waals surface area contributed by atoms with E-state index >= 15 is 0 Å². The van der Waals surface area contributed by atoms with Crippen LogP contribution in [0.4, 0.5) is 0 Å². The summed E-state index contributed by atoms with van der Waals surface area (Å²) in [4.78, 5) is 13.2. The molecule has 1 aromatic rings. The summed E-state index contributed by atoms with van der Waals surface area (Å²) in [7, 11) is 2.21. The number of hydrogen-bond acceptors (Lipinski definition) is 6. The molecule has 2 saturated heterocycles. The first-order valence-corrected chi connectivity index (χ1v) is 7.98. The van der Waals surface area contributed by atoms with Crippen LogP contribution in [0, 0.1) is 0 Å². The lowest BCUT2D eigenvalue weighted by atomic mass is 9.82. The van der Waals surface area contributed by atoms with Crippen LogP contribution in [0.15, 0.2) is 5.16 Å². The first kappa shape index (κ1) is 13.8. The Morgan fingerprint density at radius 3 is 2.70 bits per heavy atom. The number of aromatic nitrogens is 4. The van der Waals surface area contributed by atoms with Gasteiger partial charge in [0.1, 0.15) is 0 Å². The van der Waals surface area contributed by atoms with Crippen molar-refractivity contribution in [3.63, 3.8) is 0 Å². The van der Waals surface area contributed by atoms with Gasteiger partial charge in [0.2, 0.25) is 5.16 Å². The van der Waals surface area contributed by atoms with Gasteiger partial charge in [0, 0.05) is 12.1 Å². The quantitative estimate of drug-likeness (QED) is 0.831. The molecule has 1 N–H and O–H groups in total. The van der Waals surface area contributed by atoms with Gasteiger partial charge in [0.15, 0.2) is 0 Å². The van der Waals surface area contributed by atoms with Crippen LogP contribution in [0.3, 0.4) is 0 Å². The molecular formula is C12H19N5O2S. The number of carboxylic acid groups (broad SMARTS) is 1. The van der Waals surface area contributed by atoms with Crippen molar-refractivity contribution in [1.82, 2.24) is 25.1 Å². The van der Waals surface area contributed by atoms with E-state index in [2.05, 4.69) is 27.5 Å². The fraction of sp³-hybridized carbons (Fsp3) is 0.833. The molecule has 2 fully saturated rings. The first-order chi connectivity index (χ1) is 9.65. The Labute approximate surface area is 121 Å². The van der Waals surface area contributed by atoms with E-state index in [4.69, 9.17) is 5.11 Å². The van der Waals surface area contributed by atoms with Crippen LogP contribution < -0.4 is 0 Å². The summed E-state index contributed by atoms with van der Waals surface area (Å²) < 4.78 is 1.84. The molecule has 0 spiro atoms. The van der Waals surface area contributed by atoms with E-state index in [9.17, 15) is 4.79 Å². The Bertz CT molecular complexity index is 480. The maximum atomic E-state index is 10.7. The minimum Gasteiger partial charge on any atom is -0.481 e. The van der Waals surface area contributed by atoms with Crippen molar-refractivity contribution in [3.8, 4) is 0 Å². The summed E-state index contributed by atoms with van der Waals surface area (Å²) in [5, 5.41) is 21.2. The van der Waals surface area contributed by atoms with Crippen LogP contribution in [0.5, 0.6) is 0 Å². The molecule has 3 rings (SSSR count). The lowest BCUT2D eigenvalue weighted by Gasteiger charge is -2.46. The zero-order chi connectivity index (χ0) is 14.1. The van der Waals surface area contributed by atoms with E-state index in [1.807, 2.05) is 4.68 Å². The molecule has 7 nitrogen and oxygen atoms in total. The van der Waals surface area contributed by atoms with Crippen molar-refractivity contribution in [1.29, 1.82) is 0 Å². The second kappa shape index (κ2) is 5.69. The Morgan fingerprint density at radius 1 is 1.35 bits per heavy atom. The molecule has 3 heterocycles. The van der Waals surface area contributed by atoms with Crippen molar-refractivity contribution in [2.45, 2.75) is 55.4 Å². The number of carboxylic acids is 1. The first-order valence-electron chi connectivity index (χ1n) is 6.99. The number of carbonyl (C=O) groups is 1. The highest BCUT2D eigenvalue weighted by Crippen LogP contribution is 2.38. The van der Waals surface area contributed by atoms with Gasteiger partial charge in [-0.25, -0.2) is 4.68 Å². The Morgan fingerprint density at radius 2 is 2.05 bits per heavy atom. The Kier molecular flexibility index (Phi) is 3.93. The molecule has 2 aliphatic heterocycles. The minimum atomic E-state index is -0.843. The van der Waals surface area contributed by atoms with Gasteiger partial charge in [-0.3, -0.25) is 4.79 Å². The molecule has 110 valence electrons. The molecule has 0 aliphatic carbocycles. The number of aliphatic carboxylic acids is 1. The van der Waals surface area contributed by atoms with Gasteiger partial charge in [-0.15, -0.1) is 5.10 Å². The zero-order valence-electron chi connectivity index (χ0n) is 11.5. The molecular weight excluding hydrogens is 278 g/mol. The molecule has 0 saturated carbocycles. The van der Waals surface area contributed by atoms with Crippen molar-refractivity contribution >= 4 is 17.7 Å². The number of nitrogens with zero attached hydrogens (tertiary/aromatic N) is 5. The van der Waals surface area contributed by atoms with Gasteiger partial charge in [0.05, 0.1) is 11.8 Å². The number of thioether (sulfide) groups is 1. The van der Waals surface area contributed by atoms with Gasteiger partial charge in [0.25, 0.3) is 0 Å². The van der Waals surface area contributed by atoms with Gasteiger partial charge in [-0.1, -0.05) is 18.2 Å². The predicted octanol–water partition coefficient (Wildman–Crippen LogP) is 1.04. The number of rotatable bonds is 4. The van der Waals surface area contributed by atoms with Crippen molar-refractivity contribution in [2.75, 3.05) is 12.8 Å². The third kappa shape index (κ3) is 2.67. The summed E-state index contributed by atoms with van der Waals surface area (Å²) in [6.07, 6.45) is 5.90. The molecule has 2 unspecified atom stereocenters. The smallest absolute Gasteiger partial charge is 0.313 e. The summed E-state index contributed by atoms with van der Waals surface area (Å²) in [5.41, 5.74) is 0. The summed E-state index contributed by atoms with van der Waals surface area (Å²) >= 11 is 1.20. The highest BCUT2D eigenvalue weighted by molar-refractivity contribution is 7.99. The molecule has 8 heteroatoms. The highest BCUT2D eigenvalue weighted by atomic mass is 32.2.